The molecule has 1 amide bonds. The Kier molecular flexibility index (Phi) is 5.34. The number of nitrogens with two attached hydrogens (primary N) is 1. The molecule has 0 radical (unpaired) electrons. The molecule has 1 aliphatic heterocycles. The first kappa shape index (κ1) is 18.2. The maximum atomic E-state index is 12.6. The van der Waals surface area contributed by atoms with Crippen molar-refractivity contribution in [2.24, 2.45) is 5.73 Å². The van der Waals surface area contributed by atoms with Gasteiger partial charge in [0.25, 0.3) is 5.91 Å². The molecule has 1 aromatic carbocycles. The summed E-state index contributed by atoms with van der Waals surface area (Å²) in [6.07, 6.45) is 7.23. The van der Waals surface area contributed by atoms with Crippen molar-refractivity contribution >= 4 is 17.4 Å². The summed E-state index contributed by atoms with van der Waals surface area (Å²) in [7, 11) is 0. The van der Waals surface area contributed by atoms with Gasteiger partial charge in [-0.15, -0.1) is 0 Å². The van der Waals surface area contributed by atoms with E-state index >= 15 is 0 Å². The molecule has 1 unspecified atom stereocenters. The maximum absolute atomic E-state index is 12.6. The lowest BCUT2D eigenvalue weighted by Crippen LogP contribution is -2.45. The van der Waals surface area contributed by atoms with E-state index in [0.29, 0.717) is 24.5 Å². The molecule has 7 nitrogen and oxygen atoms in total. The third kappa shape index (κ3) is 4.37. The smallest absolute Gasteiger partial charge is 0.255 e. The molecule has 4 rings (SSSR count). The van der Waals surface area contributed by atoms with Gasteiger partial charge in [-0.2, -0.15) is 5.10 Å². The largest absolute Gasteiger partial charge is 0.338 e. The molecule has 0 aliphatic carbocycles. The van der Waals surface area contributed by atoms with Crippen molar-refractivity contribution in [2.75, 3.05) is 18.4 Å². The number of anilines is 2. The number of aromatic nitrogens is 3. The lowest BCUT2D eigenvalue weighted by Gasteiger charge is -2.30. The number of hydrogen-bond donors (Lipinski definition) is 2. The summed E-state index contributed by atoms with van der Waals surface area (Å²) in [5.74, 6) is 0.663. The van der Waals surface area contributed by atoms with Crippen LogP contribution in [0.1, 0.15) is 28.8 Å². The van der Waals surface area contributed by atoms with E-state index in [4.69, 9.17) is 5.73 Å². The molecule has 1 aliphatic rings. The van der Waals surface area contributed by atoms with Gasteiger partial charge in [-0.1, -0.05) is 30.3 Å². The Labute approximate surface area is 164 Å². The van der Waals surface area contributed by atoms with Crippen molar-refractivity contribution in [3.63, 3.8) is 0 Å². The number of pyridine rings is 1. The fraction of sp³-hybridized carbons (Fsp3) is 0.286. The molecular weight excluding hydrogens is 352 g/mol. The number of benzene rings is 1. The van der Waals surface area contributed by atoms with Crippen LogP contribution < -0.4 is 11.1 Å². The molecule has 28 heavy (non-hydrogen) atoms. The van der Waals surface area contributed by atoms with Crippen molar-refractivity contribution in [1.82, 2.24) is 19.7 Å². The van der Waals surface area contributed by atoms with Gasteiger partial charge in [-0.25, -0.2) is 4.98 Å². The highest BCUT2D eigenvalue weighted by atomic mass is 16.2. The molecule has 1 fully saturated rings. The van der Waals surface area contributed by atoms with E-state index in [1.54, 1.807) is 18.5 Å². The van der Waals surface area contributed by atoms with Crippen LogP contribution in [-0.2, 0) is 6.54 Å². The summed E-state index contributed by atoms with van der Waals surface area (Å²) in [5, 5.41) is 7.60. The van der Waals surface area contributed by atoms with Crippen LogP contribution in [0.3, 0.4) is 0 Å². The third-order valence-electron chi connectivity index (χ3n) is 4.85. The normalized spacial score (nSPS) is 16.8. The number of carbonyl (C=O) groups is 1. The summed E-state index contributed by atoms with van der Waals surface area (Å²) < 4.78 is 1.87. The molecule has 3 heterocycles. The molecule has 7 heteroatoms. The number of nitrogens with zero attached hydrogens (tertiary/aromatic N) is 4. The predicted molar refractivity (Wildman–Crippen MR) is 108 cm³/mol. The molecule has 0 bridgehead atoms. The Morgan fingerprint density at radius 2 is 2.04 bits per heavy atom. The van der Waals surface area contributed by atoms with Crippen LogP contribution in [-0.4, -0.2) is 44.7 Å². The Morgan fingerprint density at radius 3 is 2.79 bits per heavy atom. The first-order chi connectivity index (χ1) is 13.7. The van der Waals surface area contributed by atoms with Gasteiger partial charge in [0.2, 0.25) is 0 Å². The van der Waals surface area contributed by atoms with Crippen molar-refractivity contribution in [2.45, 2.75) is 25.4 Å². The number of likely N-dealkylation sites (tertiary alicyclic amines) is 1. The molecule has 1 saturated heterocycles. The molecular formula is C21H24N6O. The topological polar surface area (TPSA) is 89.1 Å². The average Bonchev–Trinajstić information content (AvgIpc) is 3.15. The van der Waals surface area contributed by atoms with Crippen LogP contribution in [0.2, 0.25) is 0 Å². The molecule has 3 N–H and O–H groups in total. The van der Waals surface area contributed by atoms with Crippen molar-refractivity contribution in [3.8, 4) is 0 Å². The zero-order valence-electron chi connectivity index (χ0n) is 15.7. The van der Waals surface area contributed by atoms with Crippen molar-refractivity contribution < 1.29 is 4.79 Å². The second-order valence-corrected chi connectivity index (χ2v) is 7.12. The van der Waals surface area contributed by atoms with Gasteiger partial charge in [0, 0.05) is 31.5 Å². The molecule has 1 atom stereocenters. The molecule has 144 valence electrons. The summed E-state index contributed by atoms with van der Waals surface area (Å²) >= 11 is 0. The maximum Gasteiger partial charge on any atom is 0.255 e. The van der Waals surface area contributed by atoms with Gasteiger partial charge in [0.1, 0.15) is 5.82 Å². The standard InChI is InChI=1S/C21H24N6O/c22-18-7-4-10-26(14-18)21(28)17-8-9-20(23-11-17)25-19-12-24-27(15-19)13-16-5-2-1-3-6-16/h1-3,5-6,8-9,11-12,15,18H,4,7,10,13-14,22H2,(H,23,25). The van der Waals surface area contributed by atoms with Crippen LogP contribution in [0.25, 0.3) is 0 Å². The zero-order valence-corrected chi connectivity index (χ0v) is 15.7. The van der Waals surface area contributed by atoms with Gasteiger partial charge in [-0.05, 0) is 30.5 Å². The number of rotatable bonds is 5. The average molecular weight is 376 g/mol. The SMILES string of the molecule is NC1CCCN(C(=O)c2ccc(Nc3cnn(Cc4ccccc4)c3)nc2)C1. The van der Waals surface area contributed by atoms with E-state index in [1.165, 1.54) is 5.56 Å². The van der Waals surface area contributed by atoms with Crippen LogP contribution in [0.5, 0.6) is 0 Å². The van der Waals surface area contributed by atoms with E-state index in [0.717, 1.165) is 25.1 Å². The van der Waals surface area contributed by atoms with E-state index in [1.807, 2.05) is 40.0 Å². The zero-order chi connectivity index (χ0) is 19.3. The van der Waals surface area contributed by atoms with E-state index < -0.39 is 0 Å². The number of amides is 1. The first-order valence-electron chi connectivity index (χ1n) is 9.52. The van der Waals surface area contributed by atoms with E-state index in [9.17, 15) is 4.79 Å². The van der Waals surface area contributed by atoms with Gasteiger partial charge in [-0.3, -0.25) is 9.48 Å². The van der Waals surface area contributed by atoms with Crippen LogP contribution in [0.4, 0.5) is 11.5 Å². The Morgan fingerprint density at radius 1 is 1.18 bits per heavy atom. The Balaban J connectivity index is 1.37. The lowest BCUT2D eigenvalue weighted by atomic mass is 10.1. The molecule has 3 aromatic rings. The fourth-order valence-electron chi connectivity index (χ4n) is 3.40. The summed E-state index contributed by atoms with van der Waals surface area (Å²) in [4.78, 5) is 18.8. The van der Waals surface area contributed by atoms with Gasteiger partial charge >= 0.3 is 0 Å². The van der Waals surface area contributed by atoms with Crippen LogP contribution in [0.15, 0.2) is 61.1 Å². The third-order valence-corrected chi connectivity index (χ3v) is 4.85. The second-order valence-electron chi connectivity index (χ2n) is 7.12. The first-order valence-corrected chi connectivity index (χ1v) is 9.52. The minimum Gasteiger partial charge on any atom is -0.338 e. The number of hydrogen-bond acceptors (Lipinski definition) is 5. The highest BCUT2D eigenvalue weighted by Gasteiger charge is 2.22. The summed E-state index contributed by atoms with van der Waals surface area (Å²) in [6.45, 7) is 2.08. The highest BCUT2D eigenvalue weighted by molar-refractivity contribution is 5.94. The monoisotopic (exact) mass is 376 g/mol. The van der Waals surface area contributed by atoms with Crippen LogP contribution in [0, 0.1) is 0 Å². The van der Waals surface area contributed by atoms with Crippen molar-refractivity contribution in [3.05, 3.63) is 72.2 Å². The quantitative estimate of drug-likeness (QED) is 0.715. The lowest BCUT2D eigenvalue weighted by molar-refractivity contribution is 0.0708. The van der Waals surface area contributed by atoms with Gasteiger partial charge in [0.05, 0.1) is 24.0 Å². The molecule has 0 spiro atoms. The fourth-order valence-corrected chi connectivity index (χ4v) is 3.40. The summed E-state index contributed by atoms with van der Waals surface area (Å²) in [5.41, 5.74) is 8.60. The van der Waals surface area contributed by atoms with Crippen molar-refractivity contribution in [1.29, 1.82) is 0 Å². The van der Waals surface area contributed by atoms with Gasteiger partial charge < -0.3 is 16.0 Å². The summed E-state index contributed by atoms with van der Waals surface area (Å²) in [6, 6.07) is 13.9. The highest BCUT2D eigenvalue weighted by Crippen LogP contribution is 2.17. The minimum atomic E-state index is -0.00937. The number of carbonyl (C=O) groups excluding carboxylic acids is 1. The predicted octanol–water partition coefficient (Wildman–Crippen LogP) is 2.63. The minimum absolute atomic E-state index is 0.00937. The van der Waals surface area contributed by atoms with Crippen LogP contribution >= 0.6 is 0 Å². The Bertz CT molecular complexity index is 922. The van der Waals surface area contributed by atoms with Gasteiger partial charge in [0.15, 0.2) is 0 Å². The van der Waals surface area contributed by atoms with E-state index in [-0.39, 0.29) is 11.9 Å². The second kappa shape index (κ2) is 8.22. The Hall–Kier alpha value is -3.19. The number of piperidine rings is 1. The molecule has 0 saturated carbocycles. The molecule has 2 aromatic heterocycles. The van der Waals surface area contributed by atoms with E-state index in [2.05, 4.69) is 27.5 Å². The number of nitrogens with one attached hydrogen (secondary N) is 1.